The molecule has 0 aliphatic carbocycles. The molecule has 0 heterocycles. The summed E-state index contributed by atoms with van der Waals surface area (Å²) < 4.78 is 22.6. The smallest absolute Gasteiger partial charge is 0.134 e. The largest absolute Gasteiger partial charge is 0.357 e. The van der Waals surface area contributed by atoms with Crippen molar-refractivity contribution in [2.24, 2.45) is 0 Å². The Morgan fingerprint density at radius 2 is 0.962 bits per heavy atom. The lowest BCUT2D eigenvalue weighted by Crippen LogP contribution is -2.25. The summed E-state index contributed by atoms with van der Waals surface area (Å²) in [5.41, 5.74) is 0. The fraction of sp³-hybridized carbons (Fsp3) is 1.00. The van der Waals surface area contributed by atoms with E-state index in [0.29, 0.717) is 0 Å². The zero-order valence-electron chi connectivity index (χ0n) is 18.1. The van der Waals surface area contributed by atoms with Crippen LogP contribution in [0.1, 0.15) is 53.4 Å². The molecule has 0 fully saturated rings. The van der Waals surface area contributed by atoms with Crippen LogP contribution in [0.5, 0.6) is 0 Å². The predicted octanol–water partition coefficient (Wildman–Crippen LogP) is 2.37. The molecule has 0 N–H and O–H groups in total. The molecule has 5 nitrogen and oxygen atoms in total. The van der Waals surface area contributed by atoms with E-state index in [4.69, 9.17) is 18.9 Å². The third-order valence-corrected chi connectivity index (χ3v) is 8.07. The highest BCUT2D eigenvalue weighted by molar-refractivity contribution is 6.36. The van der Waals surface area contributed by atoms with Gasteiger partial charge in [0.25, 0.3) is 0 Å². The predicted molar refractivity (Wildman–Crippen MR) is 117 cm³/mol. The van der Waals surface area contributed by atoms with Gasteiger partial charge >= 0.3 is 0 Å². The molecule has 0 radical (unpaired) electrons. The van der Waals surface area contributed by atoms with Crippen molar-refractivity contribution in [2.75, 3.05) is 46.6 Å². The molecule has 0 saturated heterocycles. The van der Waals surface area contributed by atoms with Gasteiger partial charge in [-0.15, -0.1) is 0 Å². The number of hydrogen-bond acceptors (Lipinski definition) is 5. The molecule has 0 aromatic heterocycles. The lowest BCUT2D eigenvalue weighted by molar-refractivity contribution is -0.0830. The SMILES string of the molecule is CCOC(OCC)[SiH2]CCCCN(C)CCCC[SiH2]C(OCC)OCC. The van der Waals surface area contributed by atoms with E-state index in [2.05, 4.69) is 11.9 Å². The van der Waals surface area contributed by atoms with Crippen LogP contribution in [0.25, 0.3) is 0 Å². The van der Waals surface area contributed by atoms with E-state index in [9.17, 15) is 0 Å². The van der Waals surface area contributed by atoms with Gasteiger partial charge in [-0.25, -0.2) is 0 Å². The summed E-state index contributed by atoms with van der Waals surface area (Å²) in [7, 11) is 1.72. The van der Waals surface area contributed by atoms with Gasteiger partial charge in [0.1, 0.15) is 11.8 Å². The van der Waals surface area contributed by atoms with Crippen LogP contribution in [0.3, 0.4) is 0 Å². The Hall–Kier alpha value is 0.234. The average molecular weight is 408 g/mol. The summed E-state index contributed by atoms with van der Waals surface area (Å²) in [5.74, 6) is 0.258. The standard InChI is InChI=1S/C19H45NO4Si2/c1-6-21-18(22-7-2)25-16-12-10-14-20(5)15-11-13-17-26-19(23-8-3)24-9-4/h18-19H,6-17,25-26H2,1-5H3. The molecular weight excluding hydrogens is 362 g/mol. The highest BCUT2D eigenvalue weighted by atomic mass is 28.2. The molecule has 0 aromatic carbocycles. The molecule has 0 aliphatic rings. The van der Waals surface area contributed by atoms with Gasteiger partial charge in [0, 0.05) is 26.4 Å². The van der Waals surface area contributed by atoms with Crippen molar-refractivity contribution in [1.29, 1.82) is 0 Å². The second kappa shape index (κ2) is 20.0. The summed E-state index contributed by atoms with van der Waals surface area (Å²) in [6, 6.07) is 2.64. The van der Waals surface area contributed by atoms with Crippen LogP contribution in [0.15, 0.2) is 0 Å². The highest BCUT2D eigenvalue weighted by Gasteiger charge is 2.09. The monoisotopic (exact) mass is 407 g/mol. The molecule has 0 unspecified atom stereocenters. The van der Waals surface area contributed by atoms with Crippen LogP contribution in [-0.2, 0) is 18.9 Å². The van der Waals surface area contributed by atoms with Crippen molar-refractivity contribution in [3.8, 4) is 0 Å². The second-order valence-corrected chi connectivity index (χ2v) is 10.6. The maximum Gasteiger partial charge on any atom is 0.134 e. The molecule has 0 aliphatic heterocycles. The first-order chi connectivity index (χ1) is 12.7. The van der Waals surface area contributed by atoms with Gasteiger partial charge < -0.3 is 23.8 Å². The summed E-state index contributed by atoms with van der Waals surface area (Å²) in [4.78, 5) is 2.48. The van der Waals surface area contributed by atoms with E-state index in [-0.39, 0.29) is 30.9 Å². The maximum atomic E-state index is 5.65. The molecule has 0 atom stereocenters. The average Bonchev–Trinajstić information content (AvgIpc) is 2.61. The summed E-state index contributed by atoms with van der Waals surface area (Å²) in [6.07, 6.45) is 5.20. The van der Waals surface area contributed by atoms with E-state index in [1.165, 1.54) is 50.9 Å². The van der Waals surface area contributed by atoms with Gasteiger partial charge in [-0.2, -0.15) is 0 Å². The molecular formula is C19H45NO4Si2. The van der Waals surface area contributed by atoms with Crippen molar-refractivity contribution in [2.45, 2.75) is 77.3 Å². The first-order valence-corrected chi connectivity index (χ1v) is 14.5. The summed E-state index contributed by atoms with van der Waals surface area (Å²) in [5, 5.41) is 0. The minimum absolute atomic E-state index is 0.129. The highest BCUT2D eigenvalue weighted by Crippen LogP contribution is 2.05. The number of ether oxygens (including phenoxy) is 4. The van der Waals surface area contributed by atoms with Crippen LogP contribution in [0.4, 0.5) is 0 Å². The maximum absolute atomic E-state index is 5.65. The second-order valence-electron chi connectivity index (χ2n) is 6.68. The molecule has 0 rings (SSSR count). The van der Waals surface area contributed by atoms with Crippen LogP contribution >= 0.6 is 0 Å². The van der Waals surface area contributed by atoms with Crippen molar-refractivity contribution in [3.05, 3.63) is 0 Å². The van der Waals surface area contributed by atoms with Gasteiger partial charge in [0.2, 0.25) is 0 Å². The van der Waals surface area contributed by atoms with Crippen molar-refractivity contribution in [3.63, 3.8) is 0 Å². The molecule has 158 valence electrons. The van der Waals surface area contributed by atoms with E-state index in [1.807, 2.05) is 27.7 Å². The normalized spacial score (nSPS) is 12.9. The van der Waals surface area contributed by atoms with Gasteiger partial charge in [-0.1, -0.05) is 24.9 Å². The number of rotatable bonds is 20. The Bertz CT molecular complexity index is 250. The third kappa shape index (κ3) is 16.4. The third-order valence-electron chi connectivity index (χ3n) is 4.37. The Kier molecular flexibility index (Phi) is 20.2. The van der Waals surface area contributed by atoms with Crippen molar-refractivity contribution >= 4 is 19.0 Å². The van der Waals surface area contributed by atoms with Crippen LogP contribution < -0.4 is 0 Å². The van der Waals surface area contributed by atoms with Crippen LogP contribution in [-0.4, -0.2) is 82.3 Å². The zero-order valence-corrected chi connectivity index (χ0v) is 21.0. The quantitative estimate of drug-likeness (QED) is 0.176. The van der Waals surface area contributed by atoms with Crippen molar-refractivity contribution in [1.82, 2.24) is 4.90 Å². The zero-order chi connectivity index (χ0) is 19.5. The summed E-state index contributed by atoms with van der Waals surface area (Å²) in [6.45, 7) is 13.7. The van der Waals surface area contributed by atoms with Gasteiger partial charge in [0.15, 0.2) is 0 Å². The molecule has 26 heavy (non-hydrogen) atoms. The van der Waals surface area contributed by atoms with Crippen LogP contribution in [0.2, 0.25) is 12.1 Å². The molecule has 7 heteroatoms. The van der Waals surface area contributed by atoms with Gasteiger partial charge in [-0.05, 0) is 60.7 Å². The molecule has 0 aromatic rings. The van der Waals surface area contributed by atoms with E-state index in [0.717, 1.165) is 26.4 Å². The van der Waals surface area contributed by atoms with Crippen molar-refractivity contribution < 1.29 is 18.9 Å². The topological polar surface area (TPSA) is 40.2 Å². The van der Waals surface area contributed by atoms with Crippen LogP contribution in [0, 0.1) is 0 Å². The Morgan fingerprint density at radius 3 is 1.27 bits per heavy atom. The Morgan fingerprint density at radius 1 is 0.615 bits per heavy atom. The minimum Gasteiger partial charge on any atom is -0.357 e. The van der Waals surface area contributed by atoms with E-state index >= 15 is 0 Å². The number of hydrogen-bond donors (Lipinski definition) is 0. The first kappa shape index (κ1) is 26.2. The molecule has 0 saturated carbocycles. The van der Waals surface area contributed by atoms with E-state index in [1.54, 1.807) is 0 Å². The molecule has 0 spiro atoms. The Labute approximate surface area is 167 Å². The minimum atomic E-state index is -0.263. The molecule has 0 bridgehead atoms. The van der Waals surface area contributed by atoms with Gasteiger partial charge in [0.05, 0.1) is 19.0 Å². The van der Waals surface area contributed by atoms with Gasteiger partial charge in [-0.3, -0.25) is 0 Å². The van der Waals surface area contributed by atoms with E-state index < -0.39 is 0 Å². The number of unbranched alkanes of at least 4 members (excludes halogenated alkanes) is 2. The number of nitrogens with zero attached hydrogens (tertiary/aromatic N) is 1. The fourth-order valence-electron chi connectivity index (χ4n) is 3.02. The summed E-state index contributed by atoms with van der Waals surface area (Å²) >= 11 is 0. The fourth-order valence-corrected chi connectivity index (χ4v) is 6.58. The lowest BCUT2D eigenvalue weighted by atomic mass is 10.3. The first-order valence-electron chi connectivity index (χ1n) is 10.8. The molecule has 0 amide bonds. The Balaban J connectivity index is 3.55. The lowest BCUT2D eigenvalue weighted by Gasteiger charge is -2.18.